The van der Waals surface area contributed by atoms with Gasteiger partial charge < -0.3 is 9.47 Å². The molecule has 1 aliphatic heterocycles. The minimum Gasteiger partial charge on any atom is -0.497 e. The van der Waals surface area contributed by atoms with Crippen molar-refractivity contribution in [1.29, 1.82) is 0 Å². The van der Waals surface area contributed by atoms with E-state index in [1.807, 2.05) is 31.2 Å². The number of benzene rings is 3. The second-order valence-electron chi connectivity index (χ2n) is 8.18. The molecule has 1 heterocycles. The zero-order chi connectivity index (χ0) is 23.6. The standard InChI is InChI=1S/C26H27NO5S/c1-18-7-13-24(14-8-18)33(29,30)27-25(19-9-11-22(31-2)12-10-19)16-21(28)17-26(27)20-5-4-6-23(15-20)32-3/h4-15,25-26H,16-17H2,1-3H3/t25-,26+/m0/s1. The van der Waals surface area contributed by atoms with Crippen molar-refractivity contribution >= 4 is 15.8 Å². The molecule has 0 saturated carbocycles. The zero-order valence-electron chi connectivity index (χ0n) is 18.9. The topological polar surface area (TPSA) is 72.9 Å². The normalized spacial score (nSPS) is 19.3. The number of hydrogen-bond donors (Lipinski definition) is 0. The highest BCUT2D eigenvalue weighted by atomic mass is 32.2. The first-order chi connectivity index (χ1) is 15.8. The Bertz CT molecular complexity index is 1240. The van der Waals surface area contributed by atoms with Gasteiger partial charge in [-0.05, 0) is 54.4 Å². The fourth-order valence-corrected chi connectivity index (χ4v) is 6.07. The minimum atomic E-state index is -3.92. The molecule has 33 heavy (non-hydrogen) atoms. The number of piperidine rings is 1. The van der Waals surface area contributed by atoms with E-state index >= 15 is 0 Å². The van der Waals surface area contributed by atoms with Crippen molar-refractivity contribution in [2.24, 2.45) is 0 Å². The lowest BCUT2D eigenvalue weighted by molar-refractivity contribution is -0.123. The maximum absolute atomic E-state index is 14.0. The van der Waals surface area contributed by atoms with Crippen molar-refractivity contribution in [2.45, 2.75) is 36.7 Å². The summed E-state index contributed by atoms with van der Waals surface area (Å²) in [5, 5.41) is 0. The van der Waals surface area contributed by atoms with E-state index in [0.29, 0.717) is 11.5 Å². The highest BCUT2D eigenvalue weighted by Crippen LogP contribution is 2.44. The molecule has 4 rings (SSSR count). The third-order valence-corrected chi connectivity index (χ3v) is 7.96. The fraction of sp³-hybridized carbons (Fsp3) is 0.269. The van der Waals surface area contributed by atoms with Gasteiger partial charge in [-0.2, -0.15) is 4.31 Å². The van der Waals surface area contributed by atoms with Crippen LogP contribution in [0.1, 0.15) is 41.6 Å². The first-order valence-corrected chi connectivity index (χ1v) is 12.2. The van der Waals surface area contributed by atoms with Crippen molar-refractivity contribution in [3.05, 3.63) is 89.5 Å². The van der Waals surface area contributed by atoms with Gasteiger partial charge in [-0.1, -0.05) is 42.0 Å². The third kappa shape index (κ3) is 4.65. The van der Waals surface area contributed by atoms with Crippen LogP contribution in [0.5, 0.6) is 11.5 Å². The minimum absolute atomic E-state index is 0.0130. The van der Waals surface area contributed by atoms with E-state index in [4.69, 9.17) is 9.47 Å². The van der Waals surface area contributed by atoms with Gasteiger partial charge in [0.25, 0.3) is 0 Å². The summed E-state index contributed by atoms with van der Waals surface area (Å²) >= 11 is 0. The van der Waals surface area contributed by atoms with Gasteiger partial charge >= 0.3 is 0 Å². The number of rotatable bonds is 6. The first kappa shape index (κ1) is 23.0. The molecule has 0 aromatic heterocycles. The van der Waals surface area contributed by atoms with Crippen LogP contribution < -0.4 is 9.47 Å². The molecule has 7 heteroatoms. The highest BCUT2D eigenvalue weighted by molar-refractivity contribution is 7.89. The Hall–Kier alpha value is -3.16. The summed E-state index contributed by atoms with van der Waals surface area (Å²) in [5.41, 5.74) is 2.43. The maximum Gasteiger partial charge on any atom is 0.244 e. The van der Waals surface area contributed by atoms with Crippen molar-refractivity contribution in [1.82, 2.24) is 4.31 Å². The molecule has 172 valence electrons. The van der Waals surface area contributed by atoms with Crippen molar-refractivity contribution in [2.75, 3.05) is 14.2 Å². The summed E-state index contributed by atoms with van der Waals surface area (Å²) in [6, 6.07) is 20.0. The van der Waals surface area contributed by atoms with E-state index in [-0.39, 0.29) is 23.5 Å². The largest absolute Gasteiger partial charge is 0.497 e. The summed E-state index contributed by atoms with van der Waals surface area (Å²) in [6.45, 7) is 1.91. The van der Waals surface area contributed by atoms with E-state index in [2.05, 4.69) is 0 Å². The Morgan fingerprint density at radius 3 is 2.00 bits per heavy atom. The lowest BCUT2D eigenvalue weighted by Crippen LogP contribution is -2.43. The number of aryl methyl sites for hydroxylation is 1. The molecule has 0 spiro atoms. The highest BCUT2D eigenvalue weighted by Gasteiger charge is 2.44. The molecule has 0 radical (unpaired) electrons. The number of carbonyl (C=O) groups is 1. The van der Waals surface area contributed by atoms with Crippen molar-refractivity contribution in [3.63, 3.8) is 0 Å². The molecule has 6 nitrogen and oxygen atoms in total. The van der Waals surface area contributed by atoms with E-state index in [9.17, 15) is 13.2 Å². The van der Waals surface area contributed by atoms with Gasteiger partial charge in [0.05, 0.1) is 31.2 Å². The number of sulfonamides is 1. The molecule has 2 atom stereocenters. The van der Waals surface area contributed by atoms with Gasteiger partial charge in [0.1, 0.15) is 17.3 Å². The average molecular weight is 466 g/mol. The van der Waals surface area contributed by atoms with Gasteiger partial charge in [0, 0.05) is 12.8 Å². The molecule has 1 fully saturated rings. The smallest absolute Gasteiger partial charge is 0.244 e. The molecular formula is C26H27NO5S. The molecule has 3 aromatic rings. The maximum atomic E-state index is 14.0. The summed E-state index contributed by atoms with van der Waals surface area (Å²) in [5.74, 6) is 1.29. The predicted octanol–water partition coefficient (Wildman–Crippen LogP) is 4.85. The fourth-order valence-electron chi connectivity index (χ4n) is 4.28. The van der Waals surface area contributed by atoms with Crippen LogP contribution in [-0.4, -0.2) is 32.7 Å². The van der Waals surface area contributed by atoms with Gasteiger partial charge in [-0.3, -0.25) is 4.79 Å². The molecule has 0 amide bonds. The van der Waals surface area contributed by atoms with Crippen LogP contribution in [0.3, 0.4) is 0 Å². The number of Topliss-reactive ketones (excluding diaryl/α,β-unsaturated/α-hetero) is 1. The number of hydrogen-bond acceptors (Lipinski definition) is 5. The summed E-state index contributed by atoms with van der Waals surface area (Å²) < 4.78 is 40.1. The molecule has 0 N–H and O–H groups in total. The van der Waals surface area contributed by atoms with Gasteiger partial charge in [0.15, 0.2) is 0 Å². The van der Waals surface area contributed by atoms with Gasteiger partial charge in [-0.25, -0.2) is 8.42 Å². The predicted molar refractivity (Wildman–Crippen MR) is 126 cm³/mol. The van der Waals surface area contributed by atoms with Crippen LogP contribution in [0.4, 0.5) is 0 Å². The Labute approximate surface area is 194 Å². The number of ether oxygens (including phenoxy) is 2. The van der Waals surface area contributed by atoms with Crippen LogP contribution in [0.15, 0.2) is 77.7 Å². The molecule has 0 aliphatic carbocycles. The number of ketones is 1. The summed E-state index contributed by atoms with van der Waals surface area (Å²) in [7, 11) is -0.786. The molecule has 3 aromatic carbocycles. The first-order valence-electron chi connectivity index (χ1n) is 10.7. The van der Waals surface area contributed by atoms with Crippen LogP contribution in [0, 0.1) is 6.92 Å². The van der Waals surface area contributed by atoms with Crippen molar-refractivity contribution in [3.8, 4) is 11.5 Å². The average Bonchev–Trinajstić information content (AvgIpc) is 2.83. The molecule has 1 saturated heterocycles. The molecule has 0 unspecified atom stereocenters. The Morgan fingerprint density at radius 1 is 0.788 bits per heavy atom. The second-order valence-corrected chi connectivity index (χ2v) is 10.0. The Kier molecular flexibility index (Phi) is 6.54. The lowest BCUT2D eigenvalue weighted by atomic mass is 9.89. The second kappa shape index (κ2) is 9.37. The van der Waals surface area contributed by atoms with Gasteiger partial charge in [0.2, 0.25) is 10.0 Å². The number of nitrogens with zero attached hydrogens (tertiary/aromatic N) is 1. The monoisotopic (exact) mass is 465 g/mol. The quantitative estimate of drug-likeness (QED) is 0.520. The third-order valence-electron chi connectivity index (χ3n) is 6.03. The van der Waals surface area contributed by atoms with E-state index in [0.717, 1.165) is 16.7 Å². The van der Waals surface area contributed by atoms with Crippen molar-refractivity contribution < 1.29 is 22.7 Å². The Morgan fingerprint density at radius 2 is 1.39 bits per heavy atom. The number of methoxy groups -OCH3 is 2. The number of carbonyl (C=O) groups excluding carboxylic acids is 1. The van der Waals surface area contributed by atoms with Gasteiger partial charge in [-0.15, -0.1) is 0 Å². The van der Waals surface area contributed by atoms with E-state index < -0.39 is 22.1 Å². The zero-order valence-corrected chi connectivity index (χ0v) is 19.7. The Balaban J connectivity index is 1.88. The van der Waals surface area contributed by atoms with Crippen LogP contribution in [-0.2, 0) is 14.8 Å². The van der Waals surface area contributed by atoms with Crippen LogP contribution in [0.25, 0.3) is 0 Å². The summed E-state index contributed by atoms with van der Waals surface area (Å²) in [6.07, 6.45) is 0.211. The molecule has 0 bridgehead atoms. The van der Waals surface area contributed by atoms with E-state index in [1.54, 1.807) is 62.8 Å². The van der Waals surface area contributed by atoms with Crippen LogP contribution in [0.2, 0.25) is 0 Å². The van der Waals surface area contributed by atoms with E-state index in [1.165, 1.54) is 4.31 Å². The SMILES string of the molecule is COc1ccc([C@@H]2CC(=O)C[C@H](c3cccc(OC)c3)N2S(=O)(=O)c2ccc(C)cc2)cc1. The molecular weight excluding hydrogens is 438 g/mol. The van der Waals surface area contributed by atoms with Crippen LogP contribution >= 0.6 is 0 Å². The molecule has 1 aliphatic rings. The lowest BCUT2D eigenvalue weighted by Gasteiger charge is -2.41. The summed E-state index contributed by atoms with van der Waals surface area (Å²) in [4.78, 5) is 13.1.